The summed E-state index contributed by atoms with van der Waals surface area (Å²) in [6.45, 7) is 0. The van der Waals surface area contributed by atoms with Crippen molar-refractivity contribution in [2.24, 2.45) is 0 Å². The summed E-state index contributed by atoms with van der Waals surface area (Å²) in [5, 5.41) is 0.507. The van der Waals surface area contributed by atoms with Gasteiger partial charge in [0.1, 0.15) is 10.8 Å². The third-order valence-corrected chi connectivity index (χ3v) is 7.38. The monoisotopic (exact) mass is 417 g/mol. The van der Waals surface area contributed by atoms with Gasteiger partial charge in [-0.1, -0.05) is 30.3 Å². The lowest BCUT2D eigenvalue weighted by molar-refractivity contribution is 0.479. The van der Waals surface area contributed by atoms with Crippen LogP contribution in [0.2, 0.25) is 0 Å². The number of anilines is 1. The average Bonchev–Trinajstić information content (AvgIpc) is 2.53. The van der Waals surface area contributed by atoms with Crippen molar-refractivity contribution in [1.29, 1.82) is 0 Å². The summed E-state index contributed by atoms with van der Waals surface area (Å²) in [7, 11) is -3.47. The lowest BCUT2D eigenvalue weighted by atomic mass is 10.0. The van der Waals surface area contributed by atoms with Gasteiger partial charge < -0.3 is 0 Å². The molecule has 1 aromatic carbocycles. The van der Waals surface area contributed by atoms with Gasteiger partial charge in [-0.3, -0.25) is 4.72 Å². The van der Waals surface area contributed by atoms with E-state index in [0.717, 1.165) is 24.2 Å². The Bertz CT molecular complexity index is 906. The Kier molecular flexibility index (Phi) is 6.03. The molecule has 1 aromatic heterocycles. The van der Waals surface area contributed by atoms with Crippen LogP contribution in [0.1, 0.15) is 24.8 Å². The number of hydrogen-bond donors (Lipinski definition) is 1. The SMILES string of the molecule is CSc1cc(NS(=O)(=O)C2CCC2)nc(SCc2cccc(F)c2F)n1. The summed E-state index contributed by atoms with van der Waals surface area (Å²) < 4.78 is 54.1. The fourth-order valence-corrected chi connectivity index (χ4v) is 5.15. The van der Waals surface area contributed by atoms with Crippen molar-refractivity contribution in [3.8, 4) is 0 Å². The second-order valence-corrected chi connectivity index (χ2v) is 9.51. The zero-order valence-corrected chi connectivity index (χ0v) is 16.4. The first kappa shape index (κ1) is 19.4. The number of nitrogens with zero attached hydrogens (tertiary/aromatic N) is 2. The summed E-state index contributed by atoms with van der Waals surface area (Å²) in [5.74, 6) is -1.47. The summed E-state index contributed by atoms with van der Waals surface area (Å²) in [6.07, 6.45) is 4.02. The van der Waals surface area contributed by atoms with E-state index in [-0.39, 0.29) is 22.4 Å². The Morgan fingerprint density at radius 3 is 2.69 bits per heavy atom. The molecule has 26 heavy (non-hydrogen) atoms. The molecule has 0 atom stereocenters. The van der Waals surface area contributed by atoms with Crippen LogP contribution in [-0.2, 0) is 15.8 Å². The molecular formula is C16H17F2N3O2S3. The minimum Gasteiger partial charge on any atom is -0.267 e. The van der Waals surface area contributed by atoms with E-state index >= 15 is 0 Å². The van der Waals surface area contributed by atoms with Gasteiger partial charge in [-0.25, -0.2) is 27.2 Å². The summed E-state index contributed by atoms with van der Waals surface area (Å²) in [4.78, 5) is 8.50. The van der Waals surface area contributed by atoms with E-state index in [1.165, 1.54) is 23.9 Å². The molecule has 0 amide bonds. The Hall–Kier alpha value is -1.39. The number of halogens is 2. The van der Waals surface area contributed by atoms with E-state index in [0.29, 0.717) is 23.0 Å². The van der Waals surface area contributed by atoms with E-state index in [1.807, 2.05) is 6.26 Å². The van der Waals surface area contributed by atoms with Gasteiger partial charge in [-0.2, -0.15) is 0 Å². The van der Waals surface area contributed by atoms with Crippen molar-refractivity contribution >= 4 is 39.4 Å². The molecule has 0 saturated heterocycles. The number of hydrogen-bond acceptors (Lipinski definition) is 6. The Labute approximate surface area is 159 Å². The molecule has 1 heterocycles. The lowest BCUT2D eigenvalue weighted by Crippen LogP contribution is -2.33. The fraction of sp³-hybridized carbons (Fsp3) is 0.375. The maximum absolute atomic E-state index is 13.8. The van der Waals surface area contributed by atoms with Crippen LogP contribution in [-0.4, -0.2) is 29.9 Å². The second kappa shape index (κ2) is 8.10. The molecule has 5 nitrogen and oxygen atoms in total. The highest BCUT2D eigenvalue weighted by atomic mass is 32.2. The third-order valence-electron chi connectivity index (χ3n) is 4.02. The summed E-state index contributed by atoms with van der Waals surface area (Å²) in [5.41, 5.74) is 0.199. The van der Waals surface area contributed by atoms with Crippen LogP contribution in [0, 0.1) is 11.6 Å². The Balaban J connectivity index is 1.78. The van der Waals surface area contributed by atoms with Crippen molar-refractivity contribution in [3.63, 3.8) is 0 Å². The van der Waals surface area contributed by atoms with Crippen LogP contribution < -0.4 is 4.72 Å². The van der Waals surface area contributed by atoms with Crippen LogP contribution in [0.25, 0.3) is 0 Å². The van der Waals surface area contributed by atoms with Gasteiger partial charge in [0.2, 0.25) is 10.0 Å². The molecule has 3 rings (SSSR count). The van der Waals surface area contributed by atoms with E-state index in [2.05, 4.69) is 14.7 Å². The summed E-state index contributed by atoms with van der Waals surface area (Å²) >= 11 is 2.46. The molecule has 2 aromatic rings. The molecule has 10 heteroatoms. The molecule has 0 radical (unpaired) electrons. The number of benzene rings is 1. The van der Waals surface area contributed by atoms with Crippen molar-refractivity contribution in [2.45, 2.75) is 40.4 Å². The first-order valence-electron chi connectivity index (χ1n) is 7.89. The molecule has 140 valence electrons. The van der Waals surface area contributed by atoms with Crippen LogP contribution >= 0.6 is 23.5 Å². The smallest absolute Gasteiger partial charge is 0.236 e. The number of rotatable bonds is 7. The number of aromatic nitrogens is 2. The topological polar surface area (TPSA) is 72.0 Å². The van der Waals surface area contributed by atoms with E-state index < -0.39 is 21.7 Å². The average molecular weight is 418 g/mol. The van der Waals surface area contributed by atoms with Gasteiger partial charge in [0.05, 0.1) is 5.25 Å². The van der Waals surface area contributed by atoms with Crippen molar-refractivity contribution in [2.75, 3.05) is 11.0 Å². The van der Waals surface area contributed by atoms with E-state index in [9.17, 15) is 17.2 Å². The van der Waals surface area contributed by atoms with E-state index in [4.69, 9.17) is 0 Å². The molecule has 1 aliphatic rings. The highest BCUT2D eigenvalue weighted by Crippen LogP contribution is 2.29. The zero-order chi connectivity index (χ0) is 18.7. The fourth-order valence-electron chi connectivity index (χ4n) is 2.34. The highest BCUT2D eigenvalue weighted by molar-refractivity contribution is 7.99. The first-order valence-corrected chi connectivity index (χ1v) is 11.6. The number of thioether (sulfide) groups is 2. The standard InChI is InChI=1S/C16H17F2N3O2S3/c1-24-14-8-13(21-26(22,23)11-5-3-6-11)19-16(20-14)25-9-10-4-2-7-12(17)15(10)18/h2,4,7-8,11H,3,5-6,9H2,1H3,(H,19,20,21). The molecular weight excluding hydrogens is 400 g/mol. The minimum atomic E-state index is -3.47. The largest absolute Gasteiger partial charge is 0.267 e. The minimum absolute atomic E-state index is 0.135. The van der Waals surface area contributed by atoms with Crippen LogP contribution in [0.4, 0.5) is 14.6 Å². The van der Waals surface area contributed by atoms with Gasteiger partial charge >= 0.3 is 0 Å². The molecule has 1 fully saturated rings. The molecule has 1 aliphatic carbocycles. The van der Waals surface area contributed by atoms with Crippen molar-refractivity contribution < 1.29 is 17.2 Å². The predicted octanol–water partition coefficient (Wildman–Crippen LogP) is 4.06. The molecule has 1 saturated carbocycles. The van der Waals surface area contributed by atoms with Crippen LogP contribution in [0.3, 0.4) is 0 Å². The molecule has 0 aliphatic heterocycles. The summed E-state index contributed by atoms with van der Waals surface area (Å²) in [6, 6.07) is 5.55. The number of nitrogens with one attached hydrogen (secondary N) is 1. The second-order valence-electron chi connectivity index (χ2n) is 5.78. The molecule has 0 spiro atoms. The quantitative estimate of drug-likeness (QED) is 0.416. The van der Waals surface area contributed by atoms with Gasteiger partial charge in [0.25, 0.3) is 0 Å². The Morgan fingerprint density at radius 2 is 2.04 bits per heavy atom. The van der Waals surface area contributed by atoms with Crippen LogP contribution in [0.5, 0.6) is 0 Å². The molecule has 0 bridgehead atoms. The van der Waals surface area contributed by atoms with Crippen molar-refractivity contribution in [1.82, 2.24) is 9.97 Å². The maximum Gasteiger partial charge on any atom is 0.236 e. The predicted molar refractivity (Wildman–Crippen MR) is 99.9 cm³/mol. The van der Waals surface area contributed by atoms with E-state index in [1.54, 1.807) is 6.07 Å². The zero-order valence-electron chi connectivity index (χ0n) is 13.9. The maximum atomic E-state index is 13.8. The Morgan fingerprint density at radius 1 is 1.27 bits per heavy atom. The lowest BCUT2D eigenvalue weighted by Gasteiger charge is -2.25. The van der Waals surface area contributed by atoms with Gasteiger partial charge in [0, 0.05) is 17.4 Å². The normalized spacial score (nSPS) is 14.9. The van der Waals surface area contributed by atoms with Crippen LogP contribution in [0.15, 0.2) is 34.4 Å². The molecule has 0 unspecified atom stereocenters. The highest BCUT2D eigenvalue weighted by Gasteiger charge is 2.31. The van der Waals surface area contributed by atoms with Gasteiger partial charge in [-0.05, 0) is 25.2 Å². The molecule has 1 N–H and O–H groups in total. The van der Waals surface area contributed by atoms with Crippen molar-refractivity contribution in [3.05, 3.63) is 41.5 Å². The van der Waals surface area contributed by atoms with Gasteiger partial charge in [-0.15, -0.1) is 11.8 Å². The number of sulfonamides is 1. The third kappa shape index (κ3) is 4.47. The van der Waals surface area contributed by atoms with Gasteiger partial charge in [0.15, 0.2) is 16.8 Å². The first-order chi connectivity index (χ1) is 12.4.